The lowest BCUT2D eigenvalue weighted by Gasteiger charge is -2.04. The maximum Gasteiger partial charge on any atom is 0.224 e. The molecule has 2 aromatic heterocycles. The molecule has 0 fully saturated rings. The average Bonchev–Trinajstić information content (AvgIpc) is 3.25. The van der Waals surface area contributed by atoms with Crippen LogP contribution < -0.4 is 0 Å². The summed E-state index contributed by atoms with van der Waals surface area (Å²) in [5.74, 6) is -0.0958. The molecule has 0 saturated heterocycles. The molecule has 2 aromatic carbocycles. The highest BCUT2D eigenvalue weighted by Crippen LogP contribution is 2.22. The number of ketones is 1. The van der Waals surface area contributed by atoms with Gasteiger partial charge in [0.1, 0.15) is 0 Å². The highest BCUT2D eigenvalue weighted by molar-refractivity contribution is 7.12. The van der Waals surface area contributed by atoms with Crippen molar-refractivity contribution in [3.8, 4) is 5.69 Å². The first kappa shape index (κ1) is 12.9. The molecular formula is C17H11N3OS. The number of carbonyl (C=O) groups is 1. The Hall–Kier alpha value is -2.79. The highest BCUT2D eigenvalue weighted by atomic mass is 32.1. The van der Waals surface area contributed by atoms with Gasteiger partial charge in [-0.2, -0.15) is 0 Å². The molecule has 0 aliphatic heterocycles. The summed E-state index contributed by atoms with van der Waals surface area (Å²) in [5.41, 5.74) is 1.27. The van der Waals surface area contributed by atoms with E-state index in [1.54, 1.807) is 16.9 Å². The molecule has 0 atom stereocenters. The zero-order valence-electron chi connectivity index (χ0n) is 11.5. The summed E-state index contributed by atoms with van der Waals surface area (Å²) >= 11 is 1.41. The molecule has 0 radical (unpaired) electrons. The number of benzene rings is 2. The van der Waals surface area contributed by atoms with Gasteiger partial charge in [-0.3, -0.25) is 4.79 Å². The Kier molecular flexibility index (Phi) is 3.05. The SMILES string of the molecule is O=C(c1cn(-c2cccc3ccccc23)nn1)c1cccs1. The minimum atomic E-state index is -0.0958. The number of thiophene rings is 1. The smallest absolute Gasteiger partial charge is 0.224 e. The van der Waals surface area contributed by atoms with E-state index in [1.165, 1.54) is 11.3 Å². The van der Waals surface area contributed by atoms with E-state index in [0.717, 1.165) is 16.5 Å². The molecule has 4 rings (SSSR count). The van der Waals surface area contributed by atoms with Crippen molar-refractivity contribution in [1.29, 1.82) is 0 Å². The van der Waals surface area contributed by atoms with Crippen LogP contribution in [-0.4, -0.2) is 20.8 Å². The van der Waals surface area contributed by atoms with Crippen molar-refractivity contribution in [3.05, 3.63) is 76.7 Å². The van der Waals surface area contributed by atoms with Crippen LogP contribution in [0.3, 0.4) is 0 Å². The normalized spacial score (nSPS) is 10.9. The Labute approximate surface area is 130 Å². The van der Waals surface area contributed by atoms with E-state index in [2.05, 4.69) is 10.3 Å². The van der Waals surface area contributed by atoms with E-state index in [9.17, 15) is 4.79 Å². The minimum absolute atomic E-state index is 0.0958. The van der Waals surface area contributed by atoms with Crippen LogP contribution >= 0.6 is 11.3 Å². The Morgan fingerprint density at radius 1 is 1.00 bits per heavy atom. The van der Waals surface area contributed by atoms with Gasteiger partial charge >= 0.3 is 0 Å². The fourth-order valence-corrected chi connectivity index (χ4v) is 3.10. The van der Waals surface area contributed by atoms with E-state index in [1.807, 2.05) is 53.9 Å². The first-order valence-electron chi connectivity index (χ1n) is 6.81. The number of carbonyl (C=O) groups excluding carboxylic acids is 1. The standard InChI is InChI=1S/C17H11N3OS/c21-17(16-9-4-10-22-16)14-11-20(19-18-14)15-8-3-6-12-5-1-2-7-13(12)15/h1-11H. The van der Waals surface area contributed by atoms with Crippen molar-refractivity contribution >= 4 is 27.9 Å². The maximum absolute atomic E-state index is 12.3. The number of nitrogens with zero attached hydrogens (tertiary/aromatic N) is 3. The second-order valence-electron chi connectivity index (χ2n) is 4.85. The van der Waals surface area contributed by atoms with Crippen LogP contribution in [0, 0.1) is 0 Å². The van der Waals surface area contributed by atoms with Gasteiger partial charge in [0.05, 0.1) is 16.8 Å². The summed E-state index contributed by atoms with van der Waals surface area (Å²) in [4.78, 5) is 13.0. The number of hydrogen-bond acceptors (Lipinski definition) is 4. The largest absolute Gasteiger partial charge is 0.286 e. The Bertz CT molecular complexity index is 952. The van der Waals surface area contributed by atoms with Crippen LogP contribution in [0.1, 0.15) is 15.4 Å². The van der Waals surface area contributed by atoms with Crippen LogP contribution in [0.2, 0.25) is 0 Å². The van der Waals surface area contributed by atoms with Crippen molar-refractivity contribution in [3.63, 3.8) is 0 Å². The monoisotopic (exact) mass is 305 g/mol. The van der Waals surface area contributed by atoms with E-state index >= 15 is 0 Å². The molecule has 4 nitrogen and oxygen atoms in total. The van der Waals surface area contributed by atoms with Crippen molar-refractivity contribution in [1.82, 2.24) is 15.0 Å². The van der Waals surface area contributed by atoms with Crippen LogP contribution in [0.5, 0.6) is 0 Å². The van der Waals surface area contributed by atoms with Crippen molar-refractivity contribution in [2.75, 3.05) is 0 Å². The Morgan fingerprint density at radius 2 is 1.86 bits per heavy atom. The summed E-state index contributed by atoms with van der Waals surface area (Å²) in [6.45, 7) is 0. The summed E-state index contributed by atoms with van der Waals surface area (Å²) < 4.78 is 1.66. The zero-order chi connectivity index (χ0) is 14.9. The van der Waals surface area contributed by atoms with Crippen LogP contribution in [-0.2, 0) is 0 Å². The number of aromatic nitrogens is 3. The third-order valence-corrected chi connectivity index (χ3v) is 4.35. The van der Waals surface area contributed by atoms with Crippen LogP contribution in [0.25, 0.3) is 16.5 Å². The van der Waals surface area contributed by atoms with Crippen LogP contribution in [0.15, 0.2) is 66.2 Å². The molecule has 0 unspecified atom stereocenters. The molecule has 0 aliphatic rings. The van der Waals surface area contributed by atoms with Crippen molar-refractivity contribution in [2.45, 2.75) is 0 Å². The minimum Gasteiger partial charge on any atom is -0.286 e. The van der Waals surface area contributed by atoms with Gasteiger partial charge < -0.3 is 0 Å². The van der Waals surface area contributed by atoms with E-state index < -0.39 is 0 Å². The lowest BCUT2D eigenvalue weighted by Crippen LogP contribution is -1.98. The predicted molar refractivity (Wildman–Crippen MR) is 86.6 cm³/mol. The quantitative estimate of drug-likeness (QED) is 0.542. The molecule has 0 N–H and O–H groups in total. The molecule has 0 spiro atoms. The van der Waals surface area contributed by atoms with E-state index in [0.29, 0.717) is 10.6 Å². The number of hydrogen-bond donors (Lipinski definition) is 0. The first-order chi connectivity index (χ1) is 10.8. The Balaban J connectivity index is 1.79. The third kappa shape index (κ3) is 2.12. The lowest BCUT2D eigenvalue weighted by molar-refractivity contribution is 0.103. The van der Waals surface area contributed by atoms with Gasteiger partial charge in [-0.1, -0.05) is 47.7 Å². The molecule has 5 heteroatoms. The van der Waals surface area contributed by atoms with Gasteiger partial charge in [-0.15, -0.1) is 16.4 Å². The van der Waals surface area contributed by atoms with Crippen molar-refractivity contribution < 1.29 is 4.79 Å². The molecule has 0 aliphatic carbocycles. The van der Waals surface area contributed by atoms with E-state index in [4.69, 9.17) is 0 Å². The van der Waals surface area contributed by atoms with Crippen LogP contribution in [0.4, 0.5) is 0 Å². The summed E-state index contributed by atoms with van der Waals surface area (Å²) in [6.07, 6.45) is 1.68. The molecule has 2 heterocycles. The molecule has 0 amide bonds. The third-order valence-electron chi connectivity index (χ3n) is 3.48. The number of rotatable bonds is 3. The molecule has 0 bridgehead atoms. The fourth-order valence-electron chi connectivity index (χ4n) is 2.43. The van der Waals surface area contributed by atoms with Gasteiger partial charge in [0.2, 0.25) is 5.78 Å². The first-order valence-corrected chi connectivity index (χ1v) is 7.69. The highest BCUT2D eigenvalue weighted by Gasteiger charge is 2.15. The average molecular weight is 305 g/mol. The number of fused-ring (bicyclic) bond motifs is 1. The second-order valence-corrected chi connectivity index (χ2v) is 5.80. The van der Waals surface area contributed by atoms with Gasteiger partial charge in [-0.25, -0.2) is 4.68 Å². The summed E-state index contributed by atoms with van der Waals surface area (Å²) in [6, 6.07) is 17.7. The molecule has 4 aromatic rings. The van der Waals surface area contributed by atoms with Gasteiger partial charge in [0.25, 0.3) is 0 Å². The summed E-state index contributed by atoms with van der Waals surface area (Å²) in [5, 5.41) is 12.2. The molecule has 106 valence electrons. The zero-order valence-corrected chi connectivity index (χ0v) is 12.3. The van der Waals surface area contributed by atoms with Gasteiger partial charge in [0, 0.05) is 5.39 Å². The van der Waals surface area contributed by atoms with Crippen molar-refractivity contribution in [2.24, 2.45) is 0 Å². The maximum atomic E-state index is 12.3. The fraction of sp³-hybridized carbons (Fsp3) is 0. The molecule has 0 saturated carbocycles. The summed E-state index contributed by atoms with van der Waals surface area (Å²) in [7, 11) is 0. The molecular weight excluding hydrogens is 294 g/mol. The topological polar surface area (TPSA) is 47.8 Å². The Morgan fingerprint density at radius 3 is 2.73 bits per heavy atom. The second kappa shape index (κ2) is 5.20. The predicted octanol–water partition coefficient (Wildman–Crippen LogP) is 3.71. The van der Waals surface area contributed by atoms with Gasteiger partial charge in [0.15, 0.2) is 5.69 Å². The lowest BCUT2D eigenvalue weighted by atomic mass is 10.1. The van der Waals surface area contributed by atoms with E-state index in [-0.39, 0.29) is 5.78 Å². The van der Waals surface area contributed by atoms with Gasteiger partial charge in [-0.05, 0) is 22.9 Å². The molecule has 22 heavy (non-hydrogen) atoms.